The van der Waals surface area contributed by atoms with Gasteiger partial charge in [0.05, 0.1) is 34.0 Å². The second-order valence-electron chi connectivity index (χ2n) is 8.28. The molecule has 0 radical (unpaired) electrons. The molecule has 2 saturated heterocycles. The zero-order chi connectivity index (χ0) is 22.9. The van der Waals surface area contributed by atoms with Crippen molar-refractivity contribution < 1.29 is 18.0 Å². The van der Waals surface area contributed by atoms with Crippen LogP contribution < -0.4 is 9.62 Å². The molecular formula is C22H26ClN3O4S2. The summed E-state index contributed by atoms with van der Waals surface area (Å²) in [5.74, 6) is -1.65. The van der Waals surface area contributed by atoms with E-state index in [1.165, 1.54) is 29.5 Å². The van der Waals surface area contributed by atoms with Gasteiger partial charge in [-0.1, -0.05) is 31.0 Å². The van der Waals surface area contributed by atoms with Gasteiger partial charge in [0.15, 0.2) is 0 Å². The molecule has 2 unspecified atom stereocenters. The summed E-state index contributed by atoms with van der Waals surface area (Å²) in [4.78, 5) is 28.8. The number of piperidine rings is 1. The Hall–Kier alpha value is -1.94. The zero-order valence-electron chi connectivity index (χ0n) is 17.8. The largest absolute Gasteiger partial charge is 0.350 e. The smallest absolute Gasteiger partial charge is 0.252 e. The maximum Gasteiger partial charge on any atom is 0.252 e. The molecule has 32 heavy (non-hydrogen) atoms. The third-order valence-corrected chi connectivity index (χ3v) is 9.11. The molecule has 4 rings (SSSR count). The Kier molecular flexibility index (Phi) is 6.90. The summed E-state index contributed by atoms with van der Waals surface area (Å²) in [7, 11) is -3.73. The molecular weight excluding hydrogens is 470 g/mol. The molecule has 172 valence electrons. The number of nitrogens with one attached hydrogen (secondary N) is 1. The van der Waals surface area contributed by atoms with Gasteiger partial charge in [-0.2, -0.15) is 0 Å². The van der Waals surface area contributed by atoms with E-state index in [2.05, 4.69) is 16.3 Å². The Morgan fingerprint density at radius 2 is 2.00 bits per heavy atom. The number of benzene rings is 1. The number of carbonyl (C=O) groups is 2. The van der Waals surface area contributed by atoms with Gasteiger partial charge in [0.2, 0.25) is 15.9 Å². The molecule has 2 aromatic rings. The lowest BCUT2D eigenvalue weighted by atomic mass is 10.1. The molecule has 3 heterocycles. The number of amides is 2. The normalized spacial score (nSPS) is 22.1. The van der Waals surface area contributed by atoms with Crippen LogP contribution in [0.15, 0.2) is 35.7 Å². The fraction of sp³-hybridized carbons (Fsp3) is 0.455. The molecule has 2 aliphatic rings. The summed E-state index contributed by atoms with van der Waals surface area (Å²) in [5, 5.41) is 5.13. The molecule has 1 N–H and O–H groups in total. The summed E-state index contributed by atoms with van der Waals surface area (Å²) in [6.07, 6.45) is 3.54. The van der Waals surface area contributed by atoms with Crippen molar-refractivity contribution in [2.75, 3.05) is 29.7 Å². The summed E-state index contributed by atoms with van der Waals surface area (Å²) < 4.78 is 25.5. The third kappa shape index (κ3) is 4.71. The van der Waals surface area contributed by atoms with Gasteiger partial charge in [-0.3, -0.25) is 14.5 Å². The van der Waals surface area contributed by atoms with Crippen LogP contribution in [0.2, 0.25) is 5.02 Å². The van der Waals surface area contributed by atoms with Gasteiger partial charge < -0.3 is 5.32 Å². The highest BCUT2D eigenvalue weighted by atomic mass is 35.5. The Balaban J connectivity index is 1.49. The van der Waals surface area contributed by atoms with Gasteiger partial charge in [0.25, 0.3) is 5.91 Å². The van der Waals surface area contributed by atoms with Gasteiger partial charge in [0, 0.05) is 11.4 Å². The number of sulfonamides is 1. The second kappa shape index (κ2) is 9.51. The summed E-state index contributed by atoms with van der Waals surface area (Å²) in [5.41, 5.74) is 0.404. The Morgan fingerprint density at radius 3 is 2.59 bits per heavy atom. The number of rotatable bonds is 6. The highest BCUT2D eigenvalue weighted by Crippen LogP contribution is 2.32. The molecule has 2 fully saturated rings. The van der Waals surface area contributed by atoms with Crippen LogP contribution in [0.25, 0.3) is 0 Å². The van der Waals surface area contributed by atoms with Crippen molar-refractivity contribution in [3.8, 4) is 0 Å². The van der Waals surface area contributed by atoms with E-state index in [1.807, 2.05) is 11.4 Å². The molecule has 1 aromatic carbocycles. The number of hydrogen-bond donors (Lipinski definition) is 1. The number of thiophene rings is 1. The van der Waals surface area contributed by atoms with Crippen molar-refractivity contribution in [3.05, 3.63) is 51.2 Å². The minimum absolute atomic E-state index is 0.103. The fourth-order valence-electron chi connectivity index (χ4n) is 4.31. The van der Waals surface area contributed by atoms with Gasteiger partial charge >= 0.3 is 0 Å². The van der Waals surface area contributed by atoms with E-state index in [1.54, 1.807) is 18.3 Å². The molecule has 2 amide bonds. The van der Waals surface area contributed by atoms with Crippen molar-refractivity contribution in [3.63, 3.8) is 0 Å². The van der Waals surface area contributed by atoms with Crippen molar-refractivity contribution in [1.82, 2.24) is 10.2 Å². The van der Waals surface area contributed by atoms with Gasteiger partial charge in [-0.15, -0.1) is 11.3 Å². The Labute approximate surface area is 197 Å². The average Bonchev–Trinajstić information content (AvgIpc) is 3.35. The first-order valence-electron chi connectivity index (χ1n) is 10.7. The van der Waals surface area contributed by atoms with Crippen molar-refractivity contribution in [2.24, 2.45) is 5.92 Å². The van der Waals surface area contributed by atoms with E-state index in [-0.39, 0.29) is 34.0 Å². The predicted octanol–water partition coefficient (Wildman–Crippen LogP) is 3.67. The van der Waals surface area contributed by atoms with Crippen LogP contribution >= 0.6 is 22.9 Å². The number of anilines is 1. The highest BCUT2D eigenvalue weighted by Gasteiger charge is 2.42. The molecule has 10 heteroatoms. The lowest BCUT2D eigenvalue weighted by Crippen LogP contribution is -2.40. The lowest BCUT2D eigenvalue weighted by molar-refractivity contribution is -0.119. The second-order valence-corrected chi connectivity index (χ2v) is 11.5. The first kappa shape index (κ1) is 23.2. The SMILES string of the molecule is CC1CS(=O)(=O)N(c2ccc(C(=O)NCC(c3cccs3)N3CCCCC3)c(Cl)c2)C1=O. The number of hydrogen-bond acceptors (Lipinski definition) is 6. The fourth-order valence-corrected chi connectivity index (χ4v) is 7.24. The topological polar surface area (TPSA) is 86.8 Å². The number of halogens is 1. The van der Waals surface area contributed by atoms with E-state index in [0.29, 0.717) is 6.54 Å². The van der Waals surface area contributed by atoms with Crippen LogP contribution in [0, 0.1) is 5.92 Å². The van der Waals surface area contributed by atoms with Gasteiger partial charge in [0.1, 0.15) is 0 Å². The van der Waals surface area contributed by atoms with E-state index in [4.69, 9.17) is 11.6 Å². The van der Waals surface area contributed by atoms with Crippen molar-refractivity contribution in [2.45, 2.75) is 32.2 Å². The van der Waals surface area contributed by atoms with Crippen LogP contribution in [0.1, 0.15) is 47.5 Å². The van der Waals surface area contributed by atoms with E-state index in [0.717, 1.165) is 30.2 Å². The minimum Gasteiger partial charge on any atom is -0.350 e. The molecule has 2 aliphatic heterocycles. The number of carbonyl (C=O) groups excluding carboxylic acids is 2. The lowest BCUT2D eigenvalue weighted by Gasteiger charge is -2.34. The number of likely N-dealkylation sites (tertiary alicyclic amines) is 1. The van der Waals surface area contributed by atoms with Crippen molar-refractivity contribution in [1.29, 1.82) is 0 Å². The van der Waals surface area contributed by atoms with E-state index in [9.17, 15) is 18.0 Å². The Morgan fingerprint density at radius 1 is 1.25 bits per heavy atom. The predicted molar refractivity (Wildman–Crippen MR) is 127 cm³/mol. The minimum atomic E-state index is -3.73. The van der Waals surface area contributed by atoms with Crippen LogP contribution in [0.5, 0.6) is 0 Å². The molecule has 0 bridgehead atoms. The maximum absolute atomic E-state index is 12.9. The average molecular weight is 496 g/mol. The van der Waals surface area contributed by atoms with Crippen LogP contribution in [-0.4, -0.2) is 50.5 Å². The standard InChI is InChI=1S/C22H26ClN3O4S2/c1-15-14-32(29,30)26(22(15)28)16-7-8-17(18(23)12-16)21(27)24-13-19(20-6-5-11-31-20)25-9-3-2-4-10-25/h5-8,11-12,15,19H,2-4,9-10,13-14H2,1H3,(H,24,27). The Bertz CT molecular complexity index is 1100. The van der Waals surface area contributed by atoms with Gasteiger partial charge in [-0.25, -0.2) is 12.7 Å². The molecule has 1 aromatic heterocycles. The quantitative estimate of drug-likeness (QED) is 0.660. The van der Waals surface area contributed by atoms with E-state index < -0.39 is 21.8 Å². The van der Waals surface area contributed by atoms with Crippen LogP contribution in [0.3, 0.4) is 0 Å². The van der Waals surface area contributed by atoms with Crippen LogP contribution in [0.4, 0.5) is 5.69 Å². The number of nitrogens with zero attached hydrogens (tertiary/aromatic N) is 2. The highest BCUT2D eigenvalue weighted by molar-refractivity contribution is 7.94. The van der Waals surface area contributed by atoms with Crippen LogP contribution in [-0.2, 0) is 14.8 Å². The van der Waals surface area contributed by atoms with Crippen molar-refractivity contribution >= 4 is 50.5 Å². The molecule has 2 atom stereocenters. The van der Waals surface area contributed by atoms with E-state index >= 15 is 0 Å². The molecule has 7 nitrogen and oxygen atoms in total. The summed E-state index contributed by atoms with van der Waals surface area (Å²) >= 11 is 8.02. The monoisotopic (exact) mass is 495 g/mol. The summed E-state index contributed by atoms with van der Waals surface area (Å²) in [6.45, 7) is 4.04. The first-order valence-corrected chi connectivity index (χ1v) is 13.6. The molecule has 0 spiro atoms. The first-order chi connectivity index (χ1) is 15.3. The van der Waals surface area contributed by atoms with Gasteiger partial charge in [-0.05, 0) is 55.6 Å². The zero-order valence-corrected chi connectivity index (χ0v) is 20.2. The molecule has 0 aliphatic carbocycles. The maximum atomic E-state index is 12.9. The summed E-state index contributed by atoms with van der Waals surface area (Å²) in [6, 6.07) is 8.50. The molecule has 0 saturated carbocycles. The third-order valence-electron chi connectivity index (χ3n) is 5.95.